The molecule has 2 aromatic rings. The van der Waals surface area contributed by atoms with Crippen LogP contribution >= 0.6 is 27.5 Å². The number of hydrogen-bond donors (Lipinski definition) is 1. The van der Waals surface area contributed by atoms with E-state index in [9.17, 15) is 0 Å². The minimum Gasteiger partial charge on any atom is -0.454 e. The predicted octanol–water partition coefficient (Wildman–Crippen LogP) is 4.68. The summed E-state index contributed by atoms with van der Waals surface area (Å²) in [6.07, 6.45) is 0. The topological polar surface area (TPSA) is 30.5 Å². The highest BCUT2D eigenvalue weighted by atomic mass is 79.9. The van der Waals surface area contributed by atoms with Crippen LogP contribution in [0.3, 0.4) is 0 Å². The van der Waals surface area contributed by atoms with Gasteiger partial charge in [0.05, 0.1) is 5.02 Å². The fourth-order valence-corrected chi connectivity index (χ4v) is 2.67. The maximum absolute atomic E-state index is 6.11. The quantitative estimate of drug-likeness (QED) is 0.850. The van der Waals surface area contributed by atoms with E-state index in [1.807, 2.05) is 24.3 Å². The second-order valence-electron chi connectivity index (χ2n) is 4.96. The molecular formula is C16H15BrClNO2. The Morgan fingerprint density at radius 1 is 1.19 bits per heavy atom. The number of benzene rings is 2. The van der Waals surface area contributed by atoms with Crippen LogP contribution in [-0.2, 0) is 6.54 Å². The Morgan fingerprint density at radius 3 is 2.81 bits per heavy atom. The molecule has 1 aliphatic rings. The van der Waals surface area contributed by atoms with E-state index in [1.165, 1.54) is 5.56 Å². The molecule has 0 aromatic heterocycles. The highest BCUT2D eigenvalue weighted by Crippen LogP contribution is 2.34. The Morgan fingerprint density at radius 2 is 2.00 bits per heavy atom. The van der Waals surface area contributed by atoms with Crippen LogP contribution in [0.25, 0.3) is 0 Å². The van der Waals surface area contributed by atoms with Gasteiger partial charge in [-0.25, -0.2) is 0 Å². The van der Waals surface area contributed by atoms with E-state index in [-0.39, 0.29) is 6.04 Å². The molecule has 110 valence electrons. The van der Waals surface area contributed by atoms with Gasteiger partial charge in [-0.3, -0.25) is 0 Å². The van der Waals surface area contributed by atoms with Gasteiger partial charge in [0, 0.05) is 17.1 Å². The first-order valence-corrected chi connectivity index (χ1v) is 7.87. The van der Waals surface area contributed by atoms with E-state index in [0.717, 1.165) is 33.1 Å². The van der Waals surface area contributed by atoms with Crippen molar-refractivity contribution in [1.29, 1.82) is 0 Å². The van der Waals surface area contributed by atoms with Crippen molar-refractivity contribution in [3.05, 3.63) is 57.0 Å². The van der Waals surface area contributed by atoms with Gasteiger partial charge in [0.2, 0.25) is 6.79 Å². The first kappa shape index (κ1) is 14.7. The molecule has 0 amide bonds. The number of nitrogens with one attached hydrogen (secondary N) is 1. The molecule has 0 saturated heterocycles. The van der Waals surface area contributed by atoms with E-state index in [4.69, 9.17) is 21.1 Å². The lowest BCUT2D eigenvalue weighted by molar-refractivity contribution is 0.174. The smallest absolute Gasteiger partial charge is 0.231 e. The summed E-state index contributed by atoms with van der Waals surface area (Å²) < 4.78 is 11.6. The molecule has 0 spiro atoms. The SMILES string of the molecule is CC(NCc1ccc(Br)c(Cl)c1)c1ccc2c(c1)OCO2. The molecule has 2 aromatic carbocycles. The monoisotopic (exact) mass is 367 g/mol. The van der Waals surface area contributed by atoms with Crippen LogP contribution in [0.1, 0.15) is 24.1 Å². The number of hydrogen-bond acceptors (Lipinski definition) is 3. The first-order valence-electron chi connectivity index (χ1n) is 6.70. The summed E-state index contributed by atoms with van der Waals surface area (Å²) in [4.78, 5) is 0. The van der Waals surface area contributed by atoms with E-state index >= 15 is 0 Å². The van der Waals surface area contributed by atoms with Gasteiger partial charge < -0.3 is 14.8 Å². The number of rotatable bonds is 4. The molecule has 1 N–H and O–H groups in total. The Kier molecular flexibility index (Phi) is 4.38. The summed E-state index contributed by atoms with van der Waals surface area (Å²) in [5.41, 5.74) is 2.32. The van der Waals surface area contributed by atoms with Gasteiger partial charge in [-0.2, -0.15) is 0 Å². The van der Waals surface area contributed by atoms with Gasteiger partial charge in [0.15, 0.2) is 11.5 Å². The van der Waals surface area contributed by atoms with E-state index in [1.54, 1.807) is 0 Å². The minimum atomic E-state index is 0.210. The molecule has 0 aliphatic carbocycles. The van der Waals surface area contributed by atoms with Crippen molar-refractivity contribution in [1.82, 2.24) is 5.32 Å². The summed E-state index contributed by atoms with van der Waals surface area (Å²) in [7, 11) is 0. The third-order valence-electron chi connectivity index (χ3n) is 3.49. The van der Waals surface area contributed by atoms with Gasteiger partial charge in [0.1, 0.15) is 0 Å². The van der Waals surface area contributed by atoms with E-state index < -0.39 is 0 Å². The lowest BCUT2D eigenvalue weighted by Gasteiger charge is -2.15. The lowest BCUT2D eigenvalue weighted by atomic mass is 10.1. The molecule has 5 heteroatoms. The lowest BCUT2D eigenvalue weighted by Crippen LogP contribution is -2.18. The molecule has 1 heterocycles. The molecule has 3 rings (SSSR count). The third kappa shape index (κ3) is 3.34. The second kappa shape index (κ2) is 6.26. The fraction of sp³-hybridized carbons (Fsp3) is 0.250. The molecule has 1 atom stereocenters. The van der Waals surface area contributed by atoms with Crippen LogP contribution in [0.15, 0.2) is 40.9 Å². The van der Waals surface area contributed by atoms with E-state index in [0.29, 0.717) is 6.79 Å². The van der Waals surface area contributed by atoms with Gasteiger partial charge in [0.25, 0.3) is 0 Å². The molecule has 0 fully saturated rings. The number of ether oxygens (including phenoxy) is 2. The molecule has 21 heavy (non-hydrogen) atoms. The van der Waals surface area contributed by atoms with Crippen LogP contribution in [0.4, 0.5) is 0 Å². The number of fused-ring (bicyclic) bond motifs is 1. The maximum atomic E-state index is 6.11. The van der Waals surface area contributed by atoms with Crippen LogP contribution in [0.2, 0.25) is 5.02 Å². The Labute approximate surface area is 137 Å². The molecule has 1 unspecified atom stereocenters. The van der Waals surface area contributed by atoms with Gasteiger partial charge in [-0.15, -0.1) is 0 Å². The van der Waals surface area contributed by atoms with Crippen LogP contribution < -0.4 is 14.8 Å². The fourth-order valence-electron chi connectivity index (χ4n) is 2.22. The van der Waals surface area contributed by atoms with Crippen molar-refractivity contribution in [2.75, 3.05) is 6.79 Å². The Bertz CT molecular complexity index is 663. The molecule has 0 radical (unpaired) electrons. The normalized spacial score (nSPS) is 14.2. The van der Waals surface area contributed by atoms with Gasteiger partial charge >= 0.3 is 0 Å². The summed E-state index contributed by atoms with van der Waals surface area (Å²) in [6.45, 7) is 3.18. The van der Waals surface area contributed by atoms with Crippen molar-refractivity contribution in [2.24, 2.45) is 0 Å². The number of halogens is 2. The summed E-state index contributed by atoms with van der Waals surface area (Å²) in [5, 5.41) is 4.21. The Hall–Kier alpha value is -1.23. The zero-order chi connectivity index (χ0) is 14.8. The maximum Gasteiger partial charge on any atom is 0.231 e. The molecule has 1 aliphatic heterocycles. The van der Waals surface area contributed by atoms with Crippen LogP contribution in [-0.4, -0.2) is 6.79 Å². The highest BCUT2D eigenvalue weighted by Gasteiger charge is 2.15. The summed E-state index contributed by atoms with van der Waals surface area (Å²) >= 11 is 9.50. The van der Waals surface area contributed by atoms with Gasteiger partial charge in [-0.1, -0.05) is 23.7 Å². The van der Waals surface area contributed by atoms with Crippen molar-refractivity contribution in [2.45, 2.75) is 19.5 Å². The van der Waals surface area contributed by atoms with Crippen molar-refractivity contribution in [3.8, 4) is 11.5 Å². The average Bonchev–Trinajstić information content (AvgIpc) is 2.95. The largest absolute Gasteiger partial charge is 0.454 e. The van der Waals surface area contributed by atoms with Crippen molar-refractivity contribution < 1.29 is 9.47 Å². The molecule has 0 saturated carbocycles. The standard InChI is InChI=1S/C16H15BrClNO2/c1-10(12-3-5-15-16(7-12)21-9-20-15)19-8-11-2-4-13(17)14(18)6-11/h2-7,10,19H,8-9H2,1H3. The highest BCUT2D eigenvalue weighted by molar-refractivity contribution is 9.10. The Balaban J connectivity index is 1.66. The van der Waals surface area contributed by atoms with Crippen LogP contribution in [0, 0.1) is 0 Å². The minimum absolute atomic E-state index is 0.210. The zero-order valence-corrected chi connectivity index (χ0v) is 13.9. The van der Waals surface area contributed by atoms with Crippen LogP contribution in [0.5, 0.6) is 11.5 Å². The second-order valence-corrected chi connectivity index (χ2v) is 6.23. The average molecular weight is 369 g/mol. The summed E-state index contributed by atoms with van der Waals surface area (Å²) in [6, 6.07) is 12.2. The van der Waals surface area contributed by atoms with E-state index in [2.05, 4.69) is 40.3 Å². The first-order chi connectivity index (χ1) is 10.1. The third-order valence-corrected chi connectivity index (χ3v) is 4.73. The van der Waals surface area contributed by atoms with Crippen molar-refractivity contribution >= 4 is 27.5 Å². The summed E-state index contributed by atoms with van der Waals surface area (Å²) in [5.74, 6) is 1.62. The van der Waals surface area contributed by atoms with Gasteiger partial charge in [-0.05, 0) is 58.2 Å². The molecule has 3 nitrogen and oxygen atoms in total. The van der Waals surface area contributed by atoms with Crippen molar-refractivity contribution in [3.63, 3.8) is 0 Å². The predicted molar refractivity (Wildman–Crippen MR) is 87.0 cm³/mol. The zero-order valence-electron chi connectivity index (χ0n) is 11.5. The molecular weight excluding hydrogens is 354 g/mol. The molecule has 0 bridgehead atoms.